The highest BCUT2D eigenvalue weighted by Crippen LogP contribution is 2.31. The Morgan fingerprint density at radius 2 is 2.07 bits per heavy atom. The molecule has 1 aromatic heterocycles. The maximum Gasteiger partial charge on any atom is 0.471 e. The number of hydrogen-bond donors (Lipinski definition) is 4. The van der Waals surface area contributed by atoms with Crippen molar-refractivity contribution < 1.29 is 27.8 Å². The summed E-state index contributed by atoms with van der Waals surface area (Å²) in [5.74, 6) is -1.80. The molecular formula is C17H25F3N4O4S. The SMILES string of the molecule is Nc1nc(=O)n([C@H]2C[C@H](S)[C@@H](CO)O2)cc1CCCCCCNC(=O)C(F)(F)F. The first-order chi connectivity index (χ1) is 13.6. The van der Waals surface area contributed by atoms with Gasteiger partial charge in [0.25, 0.3) is 0 Å². The van der Waals surface area contributed by atoms with Crippen molar-refractivity contribution in [1.29, 1.82) is 0 Å². The lowest BCUT2D eigenvalue weighted by atomic mass is 10.1. The molecule has 0 saturated carbocycles. The molecule has 1 amide bonds. The fraction of sp³-hybridized carbons (Fsp3) is 0.706. The molecule has 1 saturated heterocycles. The van der Waals surface area contributed by atoms with Crippen LogP contribution < -0.4 is 16.7 Å². The predicted molar refractivity (Wildman–Crippen MR) is 103 cm³/mol. The quantitative estimate of drug-likeness (QED) is 0.340. The van der Waals surface area contributed by atoms with Gasteiger partial charge in [-0.05, 0) is 19.3 Å². The molecule has 1 fully saturated rings. The van der Waals surface area contributed by atoms with E-state index in [1.807, 2.05) is 5.32 Å². The first-order valence-electron chi connectivity index (χ1n) is 9.30. The second-order valence-corrected chi connectivity index (χ2v) is 7.54. The van der Waals surface area contributed by atoms with Crippen LogP contribution in [-0.2, 0) is 16.0 Å². The highest BCUT2D eigenvalue weighted by Gasteiger charge is 2.38. The zero-order chi connectivity index (χ0) is 21.6. The van der Waals surface area contributed by atoms with Crippen LogP contribution >= 0.6 is 12.6 Å². The normalized spacial score (nSPS) is 22.0. The molecule has 0 aliphatic carbocycles. The molecule has 1 aromatic rings. The first-order valence-corrected chi connectivity index (χ1v) is 9.82. The Morgan fingerprint density at radius 3 is 2.69 bits per heavy atom. The van der Waals surface area contributed by atoms with Gasteiger partial charge in [0.1, 0.15) is 12.0 Å². The summed E-state index contributed by atoms with van der Waals surface area (Å²) >= 11 is 4.35. The van der Waals surface area contributed by atoms with Crippen molar-refractivity contribution >= 4 is 24.4 Å². The van der Waals surface area contributed by atoms with Gasteiger partial charge in [-0.3, -0.25) is 9.36 Å². The van der Waals surface area contributed by atoms with Crippen molar-refractivity contribution in [3.8, 4) is 0 Å². The third kappa shape index (κ3) is 6.61. The van der Waals surface area contributed by atoms with Crippen LogP contribution in [0.15, 0.2) is 11.0 Å². The van der Waals surface area contributed by atoms with E-state index in [9.17, 15) is 27.9 Å². The lowest BCUT2D eigenvalue weighted by Crippen LogP contribution is -2.37. The number of nitrogen functional groups attached to an aromatic ring is 1. The molecule has 0 radical (unpaired) electrons. The number of rotatable bonds is 9. The minimum atomic E-state index is -4.86. The summed E-state index contributed by atoms with van der Waals surface area (Å²) in [6.45, 7) is -0.235. The van der Waals surface area contributed by atoms with Crippen molar-refractivity contribution in [2.45, 2.75) is 62.3 Å². The molecule has 2 rings (SSSR count). The molecule has 0 bridgehead atoms. The second kappa shape index (κ2) is 10.3. The van der Waals surface area contributed by atoms with Crippen LogP contribution in [0.4, 0.5) is 19.0 Å². The zero-order valence-corrected chi connectivity index (χ0v) is 16.6. The molecule has 2 heterocycles. The third-order valence-electron chi connectivity index (χ3n) is 4.67. The van der Waals surface area contributed by atoms with Gasteiger partial charge in [-0.2, -0.15) is 30.8 Å². The maximum absolute atomic E-state index is 12.1. The molecular weight excluding hydrogens is 413 g/mol. The standard InChI is InChI=1S/C17H25F3N4O4S/c18-17(19,20)15(26)22-6-4-2-1-3-5-10-8-24(16(27)23-14(10)21)13-7-12(29)11(9-25)28-13/h8,11-13,25,29H,1-7,9H2,(H,22,26)(H2,21,23,27)/t11-,12+,13-/m1/s1. The van der Waals surface area contributed by atoms with E-state index in [1.54, 1.807) is 6.20 Å². The van der Waals surface area contributed by atoms with Crippen LogP contribution in [0, 0.1) is 0 Å². The molecule has 29 heavy (non-hydrogen) atoms. The Labute approximate surface area is 171 Å². The van der Waals surface area contributed by atoms with Crippen LogP contribution in [0.2, 0.25) is 0 Å². The van der Waals surface area contributed by atoms with Gasteiger partial charge in [0, 0.05) is 30.0 Å². The van der Waals surface area contributed by atoms with Gasteiger partial charge < -0.3 is 20.9 Å². The molecule has 1 aliphatic heterocycles. The lowest BCUT2D eigenvalue weighted by Gasteiger charge is -2.16. The van der Waals surface area contributed by atoms with E-state index in [2.05, 4.69) is 17.6 Å². The smallest absolute Gasteiger partial charge is 0.394 e. The van der Waals surface area contributed by atoms with Crippen molar-refractivity contribution in [2.75, 3.05) is 18.9 Å². The van der Waals surface area contributed by atoms with Gasteiger partial charge in [0.2, 0.25) is 0 Å². The Morgan fingerprint density at radius 1 is 1.38 bits per heavy atom. The van der Waals surface area contributed by atoms with Crippen molar-refractivity contribution in [1.82, 2.24) is 14.9 Å². The Balaban J connectivity index is 1.81. The number of aryl methyl sites for hydroxylation is 1. The number of carbonyl (C=O) groups excluding carboxylic acids is 1. The molecule has 1 aliphatic rings. The van der Waals surface area contributed by atoms with Crippen LogP contribution in [0.3, 0.4) is 0 Å². The van der Waals surface area contributed by atoms with E-state index in [0.29, 0.717) is 44.1 Å². The highest BCUT2D eigenvalue weighted by atomic mass is 32.1. The van der Waals surface area contributed by atoms with Crippen LogP contribution in [0.25, 0.3) is 0 Å². The number of hydrogen-bond acceptors (Lipinski definition) is 7. The Hall–Kier alpha value is -1.79. The van der Waals surface area contributed by atoms with E-state index in [0.717, 1.165) is 0 Å². The minimum absolute atomic E-state index is 0.0388. The number of halogens is 3. The fourth-order valence-electron chi connectivity index (χ4n) is 3.07. The summed E-state index contributed by atoms with van der Waals surface area (Å²) < 4.78 is 43.2. The predicted octanol–water partition coefficient (Wildman–Crippen LogP) is 1.19. The number of carbonyl (C=O) groups is 1. The average Bonchev–Trinajstić information content (AvgIpc) is 3.01. The number of ether oxygens (including phenoxy) is 1. The molecule has 4 N–H and O–H groups in total. The summed E-state index contributed by atoms with van der Waals surface area (Å²) in [4.78, 5) is 26.7. The fourth-order valence-corrected chi connectivity index (χ4v) is 3.41. The van der Waals surface area contributed by atoms with Crippen molar-refractivity contribution in [3.63, 3.8) is 0 Å². The van der Waals surface area contributed by atoms with Gasteiger partial charge in [0.15, 0.2) is 0 Å². The van der Waals surface area contributed by atoms with Gasteiger partial charge in [-0.1, -0.05) is 12.8 Å². The molecule has 8 nitrogen and oxygen atoms in total. The number of anilines is 1. The molecule has 0 aromatic carbocycles. The molecule has 3 atom stereocenters. The number of aliphatic hydroxyl groups excluding tert-OH is 1. The van der Waals surface area contributed by atoms with E-state index in [-0.39, 0.29) is 24.2 Å². The Kier molecular flexibility index (Phi) is 8.34. The van der Waals surface area contributed by atoms with E-state index < -0.39 is 30.1 Å². The van der Waals surface area contributed by atoms with E-state index >= 15 is 0 Å². The van der Waals surface area contributed by atoms with Gasteiger partial charge in [-0.15, -0.1) is 0 Å². The van der Waals surface area contributed by atoms with Crippen molar-refractivity contribution in [2.24, 2.45) is 0 Å². The van der Waals surface area contributed by atoms with Crippen LogP contribution in [0.1, 0.15) is 43.9 Å². The van der Waals surface area contributed by atoms with Gasteiger partial charge in [0.05, 0.1) is 12.7 Å². The number of unbranched alkanes of at least 4 members (excludes halogenated alkanes) is 3. The largest absolute Gasteiger partial charge is 0.471 e. The third-order valence-corrected chi connectivity index (χ3v) is 5.21. The second-order valence-electron chi connectivity index (χ2n) is 6.87. The zero-order valence-electron chi connectivity index (χ0n) is 15.7. The molecule has 164 valence electrons. The minimum Gasteiger partial charge on any atom is -0.394 e. The number of aliphatic hydroxyl groups is 1. The summed E-state index contributed by atoms with van der Waals surface area (Å²) in [7, 11) is 0. The van der Waals surface area contributed by atoms with Crippen LogP contribution in [0.5, 0.6) is 0 Å². The number of amides is 1. The summed E-state index contributed by atoms with van der Waals surface area (Å²) in [5.41, 5.74) is 5.95. The average molecular weight is 438 g/mol. The van der Waals surface area contributed by atoms with Crippen LogP contribution in [-0.4, -0.2) is 51.2 Å². The van der Waals surface area contributed by atoms with E-state index in [1.165, 1.54) is 4.57 Å². The topological polar surface area (TPSA) is 119 Å². The highest BCUT2D eigenvalue weighted by molar-refractivity contribution is 7.81. The van der Waals surface area contributed by atoms with Gasteiger partial charge in [-0.25, -0.2) is 4.79 Å². The number of nitrogens with zero attached hydrogens (tertiary/aromatic N) is 2. The molecule has 0 unspecified atom stereocenters. The number of aromatic nitrogens is 2. The Bertz CT molecular complexity index is 759. The summed E-state index contributed by atoms with van der Waals surface area (Å²) in [6.07, 6.45) is -0.853. The van der Waals surface area contributed by atoms with Crippen molar-refractivity contribution in [3.05, 3.63) is 22.2 Å². The maximum atomic E-state index is 12.1. The molecule has 12 heteroatoms. The van der Waals surface area contributed by atoms with E-state index in [4.69, 9.17) is 10.5 Å². The number of thiol groups is 1. The summed E-state index contributed by atoms with van der Waals surface area (Å²) in [6, 6.07) is 0. The number of nitrogens with one attached hydrogen (secondary N) is 1. The lowest BCUT2D eigenvalue weighted by molar-refractivity contribution is -0.173. The molecule has 0 spiro atoms. The number of alkyl halides is 3. The first kappa shape index (κ1) is 23.5. The number of nitrogens with two attached hydrogens (primary N) is 1. The monoisotopic (exact) mass is 438 g/mol. The van der Waals surface area contributed by atoms with Gasteiger partial charge >= 0.3 is 17.8 Å². The summed E-state index contributed by atoms with van der Waals surface area (Å²) in [5, 5.41) is 10.9.